The first-order valence-corrected chi connectivity index (χ1v) is 9.11. The number of aliphatic hydroxyl groups excluding tert-OH is 1. The minimum absolute atomic E-state index is 0.0718. The molecule has 0 bridgehead atoms. The summed E-state index contributed by atoms with van der Waals surface area (Å²) in [7, 11) is 0. The number of hydrogen-bond acceptors (Lipinski definition) is 9. The van der Waals surface area contributed by atoms with Crippen LogP contribution in [0.15, 0.2) is 44.9 Å². The molecule has 2 aromatic rings. The second kappa shape index (κ2) is 8.17. The minimum Gasteiger partial charge on any atom is -0.459 e. The highest BCUT2D eigenvalue weighted by atomic mass is 35.5. The summed E-state index contributed by atoms with van der Waals surface area (Å²) in [6, 6.07) is 4.80. The molecule has 0 saturated heterocycles. The van der Waals surface area contributed by atoms with Crippen molar-refractivity contribution in [2.24, 2.45) is 5.73 Å². The number of esters is 1. The van der Waals surface area contributed by atoms with Crippen molar-refractivity contribution < 1.29 is 28.7 Å². The number of nitrogens with zero attached hydrogens (tertiary/aromatic N) is 1. The molecule has 11 heteroatoms. The van der Waals surface area contributed by atoms with Gasteiger partial charge in [0.15, 0.2) is 5.76 Å². The molecule has 1 aromatic carbocycles. The number of carbonyl (C=O) groups excluding carboxylic acids is 1. The smallest absolute Gasteiger partial charge is 0.340 e. The van der Waals surface area contributed by atoms with Gasteiger partial charge in [-0.15, -0.1) is 0 Å². The largest absolute Gasteiger partial charge is 0.459 e. The van der Waals surface area contributed by atoms with E-state index in [1.165, 1.54) is 12.1 Å². The third kappa shape index (κ3) is 3.87. The van der Waals surface area contributed by atoms with E-state index in [2.05, 4.69) is 0 Å². The lowest BCUT2D eigenvalue weighted by atomic mass is 9.86. The van der Waals surface area contributed by atoms with Crippen molar-refractivity contribution in [3.05, 3.63) is 78.2 Å². The van der Waals surface area contributed by atoms with Gasteiger partial charge in [0, 0.05) is 12.1 Å². The Morgan fingerprint density at radius 2 is 2.10 bits per heavy atom. The fraction of sp³-hybridized carbons (Fsp3) is 0.263. The van der Waals surface area contributed by atoms with Gasteiger partial charge in [0.25, 0.3) is 5.69 Å². The summed E-state index contributed by atoms with van der Waals surface area (Å²) in [6.45, 7) is 2.68. The SMILES string of the molecule is CC(C)OC(=O)C1=C(N)Oc2c(oc(CO)cc2=O)[C@@H]1c1ccc([N+](=O)[O-])c(Cl)c1. The van der Waals surface area contributed by atoms with Crippen LogP contribution < -0.4 is 15.9 Å². The number of rotatable bonds is 5. The Kier molecular flexibility index (Phi) is 5.81. The van der Waals surface area contributed by atoms with E-state index in [4.69, 9.17) is 31.2 Å². The maximum atomic E-state index is 12.8. The Labute approximate surface area is 174 Å². The van der Waals surface area contributed by atoms with Gasteiger partial charge < -0.3 is 24.7 Å². The van der Waals surface area contributed by atoms with Crippen LogP contribution in [0.5, 0.6) is 5.75 Å². The number of fused-ring (bicyclic) bond motifs is 1. The number of nitro groups is 1. The molecular weight excluding hydrogens is 420 g/mol. The first-order chi connectivity index (χ1) is 14.1. The third-order valence-electron chi connectivity index (χ3n) is 4.23. The second-order valence-electron chi connectivity index (χ2n) is 6.66. The van der Waals surface area contributed by atoms with Crippen LogP contribution in [0.1, 0.15) is 36.8 Å². The number of halogens is 1. The number of nitrogens with two attached hydrogens (primary N) is 1. The van der Waals surface area contributed by atoms with Gasteiger partial charge in [-0.1, -0.05) is 17.7 Å². The van der Waals surface area contributed by atoms with Crippen molar-refractivity contribution >= 4 is 23.3 Å². The Bertz CT molecular complexity index is 1120. The van der Waals surface area contributed by atoms with Gasteiger partial charge in [0.2, 0.25) is 17.1 Å². The van der Waals surface area contributed by atoms with Gasteiger partial charge in [-0.3, -0.25) is 14.9 Å². The van der Waals surface area contributed by atoms with E-state index in [0.717, 1.165) is 12.1 Å². The highest BCUT2D eigenvalue weighted by Crippen LogP contribution is 2.43. The van der Waals surface area contributed by atoms with E-state index < -0.39 is 35.0 Å². The molecule has 0 fully saturated rings. The summed E-state index contributed by atoms with van der Waals surface area (Å²) in [6.07, 6.45) is -0.490. The van der Waals surface area contributed by atoms with Crippen LogP contribution in [0.3, 0.4) is 0 Å². The summed E-state index contributed by atoms with van der Waals surface area (Å²) >= 11 is 6.04. The van der Waals surface area contributed by atoms with E-state index in [9.17, 15) is 24.8 Å². The lowest BCUT2D eigenvalue weighted by molar-refractivity contribution is -0.384. The fourth-order valence-electron chi connectivity index (χ4n) is 3.02. The van der Waals surface area contributed by atoms with E-state index in [1.807, 2.05) is 0 Å². The first-order valence-electron chi connectivity index (χ1n) is 8.74. The van der Waals surface area contributed by atoms with Crippen LogP contribution in [0.25, 0.3) is 0 Å². The van der Waals surface area contributed by atoms with Gasteiger partial charge in [-0.2, -0.15) is 0 Å². The Morgan fingerprint density at radius 3 is 2.67 bits per heavy atom. The molecule has 0 unspecified atom stereocenters. The van der Waals surface area contributed by atoms with Crippen molar-refractivity contribution in [3.8, 4) is 5.75 Å². The molecular formula is C19H17ClN2O8. The lowest BCUT2D eigenvalue weighted by Crippen LogP contribution is -2.31. The van der Waals surface area contributed by atoms with Crippen molar-refractivity contribution in [1.82, 2.24) is 0 Å². The molecule has 0 aliphatic carbocycles. The molecule has 0 amide bonds. The Hall–Kier alpha value is -3.37. The molecule has 0 radical (unpaired) electrons. The van der Waals surface area contributed by atoms with Crippen LogP contribution in [-0.4, -0.2) is 22.1 Å². The average Bonchev–Trinajstić information content (AvgIpc) is 2.66. The van der Waals surface area contributed by atoms with Crippen molar-refractivity contribution in [2.45, 2.75) is 32.5 Å². The van der Waals surface area contributed by atoms with Crippen LogP contribution >= 0.6 is 11.6 Å². The molecule has 158 valence electrons. The maximum absolute atomic E-state index is 12.8. The normalized spacial score (nSPS) is 15.6. The Morgan fingerprint density at radius 1 is 1.40 bits per heavy atom. The molecule has 3 N–H and O–H groups in total. The molecule has 2 heterocycles. The average molecular weight is 437 g/mol. The first kappa shape index (κ1) is 21.3. The van der Waals surface area contributed by atoms with Gasteiger partial charge >= 0.3 is 5.97 Å². The molecule has 0 spiro atoms. The second-order valence-corrected chi connectivity index (χ2v) is 7.07. The molecule has 1 aromatic heterocycles. The zero-order valence-corrected chi connectivity index (χ0v) is 16.6. The predicted molar refractivity (Wildman–Crippen MR) is 104 cm³/mol. The van der Waals surface area contributed by atoms with Gasteiger partial charge in [0.1, 0.15) is 23.0 Å². The molecule has 3 rings (SSSR count). The molecule has 1 aliphatic heterocycles. The third-order valence-corrected chi connectivity index (χ3v) is 4.53. The molecule has 0 saturated carbocycles. The van der Waals surface area contributed by atoms with Gasteiger partial charge in [-0.25, -0.2) is 4.79 Å². The summed E-state index contributed by atoms with van der Waals surface area (Å²) in [5, 5.41) is 20.3. The summed E-state index contributed by atoms with van der Waals surface area (Å²) in [5.74, 6) is -2.78. The summed E-state index contributed by atoms with van der Waals surface area (Å²) in [5.41, 5.74) is 5.07. The minimum atomic E-state index is -1.11. The molecule has 1 atom stereocenters. The number of nitro benzene ring substituents is 1. The van der Waals surface area contributed by atoms with E-state index in [-0.39, 0.29) is 45.0 Å². The number of ether oxygens (including phenoxy) is 2. The molecule has 30 heavy (non-hydrogen) atoms. The fourth-order valence-corrected chi connectivity index (χ4v) is 3.28. The maximum Gasteiger partial charge on any atom is 0.340 e. The highest BCUT2D eigenvalue weighted by molar-refractivity contribution is 6.32. The Balaban J connectivity index is 2.27. The van der Waals surface area contributed by atoms with Crippen LogP contribution in [0, 0.1) is 10.1 Å². The highest BCUT2D eigenvalue weighted by Gasteiger charge is 2.40. The molecule has 10 nitrogen and oxygen atoms in total. The van der Waals surface area contributed by atoms with Crippen LogP contribution in [-0.2, 0) is 16.1 Å². The van der Waals surface area contributed by atoms with Crippen molar-refractivity contribution in [3.63, 3.8) is 0 Å². The zero-order chi connectivity index (χ0) is 22.2. The number of benzene rings is 1. The summed E-state index contributed by atoms with van der Waals surface area (Å²) < 4.78 is 16.2. The monoisotopic (exact) mass is 436 g/mol. The zero-order valence-electron chi connectivity index (χ0n) is 15.9. The quantitative estimate of drug-likeness (QED) is 0.408. The number of hydrogen-bond donors (Lipinski definition) is 2. The molecule has 1 aliphatic rings. The predicted octanol–water partition coefficient (Wildman–Crippen LogP) is 2.34. The van der Waals surface area contributed by atoms with E-state index in [0.29, 0.717) is 0 Å². The van der Waals surface area contributed by atoms with Crippen molar-refractivity contribution in [2.75, 3.05) is 0 Å². The number of carbonyl (C=O) groups is 1. The lowest BCUT2D eigenvalue weighted by Gasteiger charge is -2.27. The van der Waals surface area contributed by atoms with Gasteiger partial charge in [0.05, 0.1) is 16.9 Å². The standard InChI is InChI=1S/C19H17ClN2O8/c1-8(2)28-19(25)15-14(9-3-4-12(22(26)27)11(20)5-9)17-16(30-18(15)21)13(24)6-10(7-23)29-17/h3-6,8,14,23H,7,21H2,1-2H3/t14-/m1/s1. The van der Waals surface area contributed by atoms with Gasteiger partial charge in [-0.05, 0) is 25.5 Å². The van der Waals surface area contributed by atoms with Crippen LogP contribution in [0.2, 0.25) is 5.02 Å². The van der Waals surface area contributed by atoms with Crippen molar-refractivity contribution in [1.29, 1.82) is 0 Å². The van der Waals surface area contributed by atoms with E-state index in [1.54, 1.807) is 13.8 Å². The topological polar surface area (TPSA) is 155 Å². The number of aliphatic hydroxyl groups is 1. The van der Waals surface area contributed by atoms with E-state index >= 15 is 0 Å². The van der Waals surface area contributed by atoms with Crippen LogP contribution in [0.4, 0.5) is 5.69 Å². The summed E-state index contributed by atoms with van der Waals surface area (Å²) in [4.78, 5) is 35.6.